The number of carbonyl (C=O) groups is 2. The fourth-order valence-electron chi connectivity index (χ4n) is 6.14. The molecule has 0 atom stereocenters. The van der Waals surface area contributed by atoms with Crippen LogP contribution in [-0.4, -0.2) is 46.1 Å². The number of esters is 2. The highest BCUT2D eigenvalue weighted by Gasteiger charge is 2.23. The molecular formula is C35H39FN4O4. The molecule has 0 spiro atoms. The van der Waals surface area contributed by atoms with Crippen LogP contribution in [0, 0.1) is 12.7 Å². The van der Waals surface area contributed by atoms with Gasteiger partial charge in [-0.05, 0) is 104 Å². The zero-order chi connectivity index (χ0) is 31.7. The van der Waals surface area contributed by atoms with Crippen molar-refractivity contribution in [2.45, 2.75) is 73.1 Å². The van der Waals surface area contributed by atoms with Crippen molar-refractivity contribution in [3.63, 3.8) is 0 Å². The molecule has 5 heterocycles. The summed E-state index contributed by atoms with van der Waals surface area (Å²) in [5.74, 6) is -0.930. The summed E-state index contributed by atoms with van der Waals surface area (Å²) >= 11 is 0. The highest BCUT2D eigenvalue weighted by Crippen LogP contribution is 2.38. The number of fused-ring (bicyclic) bond motifs is 8. The predicted octanol–water partition coefficient (Wildman–Crippen LogP) is 7.65. The first-order chi connectivity index (χ1) is 21.1. The number of allylic oxidation sites excluding steroid dienone is 4. The third-order valence-electron chi connectivity index (χ3n) is 8.77. The number of methoxy groups -OCH3 is 2. The van der Waals surface area contributed by atoms with E-state index >= 15 is 4.39 Å². The number of nitrogens with zero attached hydrogens (tertiary/aromatic N) is 2. The number of aromatic amines is 2. The summed E-state index contributed by atoms with van der Waals surface area (Å²) in [4.78, 5) is 41.1. The van der Waals surface area contributed by atoms with Crippen molar-refractivity contribution >= 4 is 56.3 Å². The number of halogens is 1. The maximum atomic E-state index is 15.8. The van der Waals surface area contributed by atoms with E-state index in [0.717, 1.165) is 56.6 Å². The van der Waals surface area contributed by atoms with E-state index in [1.165, 1.54) is 14.2 Å². The molecule has 44 heavy (non-hydrogen) atoms. The van der Waals surface area contributed by atoms with Gasteiger partial charge in [0.05, 0.1) is 42.5 Å². The number of rotatable bonds is 8. The van der Waals surface area contributed by atoms with Crippen LogP contribution in [0.15, 0.2) is 24.3 Å². The number of hydrogen-bond donors (Lipinski definition) is 2. The molecule has 2 aliphatic rings. The maximum absolute atomic E-state index is 15.8. The van der Waals surface area contributed by atoms with E-state index in [-0.39, 0.29) is 30.6 Å². The van der Waals surface area contributed by atoms with Crippen LogP contribution in [0.2, 0.25) is 0 Å². The van der Waals surface area contributed by atoms with Gasteiger partial charge >= 0.3 is 11.9 Å². The smallest absolute Gasteiger partial charge is 0.305 e. The largest absolute Gasteiger partial charge is 0.469 e. The van der Waals surface area contributed by atoms with Gasteiger partial charge in [0.15, 0.2) is 5.82 Å². The second-order valence-corrected chi connectivity index (χ2v) is 11.2. The minimum Gasteiger partial charge on any atom is -0.469 e. The van der Waals surface area contributed by atoms with Crippen LogP contribution in [0.25, 0.3) is 44.4 Å². The molecule has 0 fully saturated rings. The second-order valence-electron chi connectivity index (χ2n) is 11.2. The van der Waals surface area contributed by atoms with Crippen molar-refractivity contribution in [1.29, 1.82) is 0 Å². The second kappa shape index (κ2) is 12.6. The number of aromatic nitrogens is 4. The highest BCUT2D eigenvalue weighted by molar-refractivity contribution is 5.96. The standard InChI is InChI=1S/C35H39FN4O4/c1-8-21-18(3)25-15-29-22(9-2)35(36)32(40-29)16-27-20(5)24(11-13-34(42)44-7)31(39-27)17-30-23(10-12-33(41)43-6)19(4)26(38-30)14-28(21)37-25/h14-17,37,40H,8-13H2,1-7H3. The van der Waals surface area contributed by atoms with Crippen LogP contribution in [0.5, 0.6) is 0 Å². The number of ether oxygens (including phenoxy) is 2. The molecule has 8 nitrogen and oxygen atoms in total. The lowest BCUT2D eigenvalue weighted by molar-refractivity contribution is -0.141. The summed E-state index contributed by atoms with van der Waals surface area (Å²) in [6.45, 7) is 10.1. The topological polar surface area (TPSA) is 110 Å². The Morgan fingerprint density at radius 3 is 1.66 bits per heavy atom. The zero-order valence-electron chi connectivity index (χ0n) is 26.5. The monoisotopic (exact) mass is 598 g/mol. The molecule has 0 saturated heterocycles. The fraction of sp³-hybridized carbons (Fsp3) is 0.371. The zero-order valence-corrected chi connectivity index (χ0v) is 26.5. The number of carbonyl (C=O) groups excluding carboxylic acids is 2. The minimum absolute atomic E-state index is 0.176. The van der Waals surface area contributed by atoms with Gasteiger partial charge in [-0.15, -0.1) is 0 Å². The molecule has 0 aromatic carbocycles. The molecule has 3 aromatic rings. The Morgan fingerprint density at radius 2 is 1.16 bits per heavy atom. The number of H-pyrrole nitrogens is 2. The lowest BCUT2D eigenvalue weighted by Gasteiger charge is -2.06. The van der Waals surface area contributed by atoms with Crippen molar-refractivity contribution in [1.82, 2.24) is 19.9 Å². The summed E-state index contributed by atoms with van der Waals surface area (Å²) in [5.41, 5.74) is 12.1. The summed E-state index contributed by atoms with van der Waals surface area (Å²) in [5, 5.41) is 0. The average Bonchev–Trinajstić information content (AvgIpc) is 3.67. The molecule has 5 rings (SSSR count). The lowest BCUT2D eigenvalue weighted by atomic mass is 9.98. The molecule has 0 saturated carbocycles. The first-order valence-electron chi connectivity index (χ1n) is 15.1. The number of hydrogen-bond acceptors (Lipinski definition) is 6. The van der Waals surface area contributed by atoms with Crippen molar-refractivity contribution in [3.8, 4) is 0 Å². The molecule has 8 bridgehead atoms. The van der Waals surface area contributed by atoms with Gasteiger partial charge in [-0.2, -0.15) is 0 Å². The van der Waals surface area contributed by atoms with E-state index in [1.54, 1.807) is 6.07 Å². The molecule has 0 aliphatic carbocycles. The van der Waals surface area contributed by atoms with Gasteiger partial charge < -0.3 is 19.4 Å². The Balaban J connectivity index is 1.88. The summed E-state index contributed by atoms with van der Waals surface area (Å²) in [7, 11) is 2.75. The first kappa shape index (κ1) is 30.9. The van der Waals surface area contributed by atoms with Crippen LogP contribution in [0.3, 0.4) is 0 Å². The number of nitrogens with one attached hydrogen (secondary N) is 2. The molecule has 3 aromatic heterocycles. The van der Waals surface area contributed by atoms with Gasteiger partial charge in [-0.3, -0.25) is 9.59 Å². The summed E-state index contributed by atoms with van der Waals surface area (Å²) < 4.78 is 25.7. The van der Waals surface area contributed by atoms with E-state index in [9.17, 15) is 9.59 Å². The summed E-state index contributed by atoms with van der Waals surface area (Å²) in [6.07, 6.45) is 2.55. The molecule has 230 valence electrons. The van der Waals surface area contributed by atoms with E-state index in [1.807, 2.05) is 39.0 Å². The summed E-state index contributed by atoms with van der Waals surface area (Å²) in [6, 6.07) is 7.67. The normalized spacial score (nSPS) is 13.1. The van der Waals surface area contributed by atoms with Crippen molar-refractivity contribution in [3.05, 3.63) is 69.5 Å². The molecule has 9 heteroatoms. The maximum Gasteiger partial charge on any atom is 0.305 e. The highest BCUT2D eigenvalue weighted by atomic mass is 19.1. The third kappa shape index (κ3) is 5.70. The Bertz CT molecular complexity index is 1890. The van der Waals surface area contributed by atoms with Gasteiger partial charge in [0.1, 0.15) is 0 Å². The Morgan fingerprint density at radius 1 is 0.682 bits per heavy atom. The predicted molar refractivity (Wildman–Crippen MR) is 172 cm³/mol. The van der Waals surface area contributed by atoms with Gasteiger partial charge in [-0.1, -0.05) is 13.8 Å². The van der Waals surface area contributed by atoms with Gasteiger partial charge in [0, 0.05) is 35.0 Å². The lowest BCUT2D eigenvalue weighted by Crippen LogP contribution is -2.01. The molecule has 0 unspecified atom stereocenters. The quantitative estimate of drug-likeness (QED) is 0.258. The minimum atomic E-state index is -0.325. The van der Waals surface area contributed by atoms with Crippen LogP contribution in [0.1, 0.15) is 92.8 Å². The van der Waals surface area contributed by atoms with Gasteiger partial charge in [0.2, 0.25) is 0 Å². The average molecular weight is 599 g/mol. The molecule has 2 aliphatic heterocycles. The van der Waals surface area contributed by atoms with E-state index in [0.29, 0.717) is 52.9 Å². The van der Waals surface area contributed by atoms with Gasteiger partial charge in [0.25, 0.3) is 0 Å². The van der Waals surface area contributed by atoms with E-state index in [4.69, 9.17) is 19.4 Å². The van der Waals surface area contributed by atoms with Crippen molar-refractivity contribution < 1.29 is 23.5 Å². The van der Waals surface area contributed by atoms with Crippen LogP contribution >= 0.6 is 0 Å². The molecule has 2 N–H and O–H groups in total. The molecular weight excluding hydrogens is 559 g/mol. The van der Waals surface area contributed by atoms with E-state index < -0.39 is 0 Å². The Labute approximate surface area is 256 Å². The third-order valence-corrected chi connectivity index (χ3v) is 8.77. The molecule has 0 radical (unpaired) electrons. The SMILES string of the molecule is CCc1c(C)c2cc3[nH]c(cc4nc(cc5nc(cc1[nH]2)C(C)=C5CCC(=O)OC)C(CCC(=O)OC)=C4C)c(F)c3CC. The van der Waals surface area contributed by atoms with Crippen LogP contribution in [0.4, 0.5) is 4.39 Å². The van der Waals surface area contributed by atoms with Crippen LogP contribution in [-0.2, 0) is 31.9 Å². The van der Waals surface area contributed by atoms with Crippen molar-refractivity contribution in [2.24, 2.45) is 0 Å². The number of aryl methyl sites for hydroxylation is 3. The Kier molecular flexibility index (Phi) is 8.85. The van der Waals surface area contributed by atoms with Crippen LogP contribution < -0.4 is 0 Å². The molecule has 0 amide bonds. The Hall–Kier alpha value is -4.53. The van der Waals surface area contributed by atoms with Gasteiger partial charge in [-0.25, -0.2) is 14.4 Å². The van der Waals surface area contributed by atoms with E-state index in [2.05, 4.69) is 23.8 Å². The van der Waals surface area contributed by atoms with Crippen molar-refractivity contribution in [2.75, 3.05) is 14.2 Å². The first-order valence-corrected chi connectivity index (χ1v) is 15.1. The fourth-order valence-corrected chi connectivity index (χ4v) is 6.14.